The maximum absolute atomic E-state index is 13.3. The number of carbonyl (C=O) groups is 1. The number of phenols is 2. The Morgan fingerprint density at radius 3 is 2.33 bits per heavy atom. The first-order valence-electron chi connectivity index (χ1n) is 6.02. The van der Waals surface area contributed by atoms with Crippen molar-refractivity contribution >= 4 is 5.78 Å². The maximum Gasteiger partial charge on any atom is 0.203 e. The van der Waals surface area contributed by atoms with Crippen molar-refractivity contribution in [3.8, 4) is 17.2 Å². The summed E-state index contributed by atoms with van der Waals surface area (Å²) in [7, 11) is 0. The first-order valence-corrected chi connectivity index (χ1v) is 6.02. The summed E-state index contributed by atoms with van der Waals surface area (Å²) < 4.78 is 31.7. The molecule has 2 rings (SSSR count). The lowest BCUT2D eigenvalue weighted by molar-refractivity contribution is 0.0918. The molecule has 0 fully saturated rings. The van der Waals surface area contributed by atoms with Crippen molar-refractivity contribution < 1.29 is 28.5 Å². The highest BCUT2D eigenvalue weighted by molar-refractivity contribution is 5.99. The second-order valence-electron chi connectivity index (χ2n) is 4.43. The van der Waals surface area contributed by atoms with Crippen molar-refractivity contribution in [1.29, 1.82) is 0 Å². The van der Waals surface area contributed by atoms with Gasteiger partial charge in [0.2, 0.25) is 5.78 Å². The lowest BCUT2D eigenvalue weighted by atomic mass is 10.1. The van der Waals surface area contributed by atoms with Crippen molar-refractivity contribution in [3.05, 3.63) is 53.1 Å². The summed E-state index contributed by atoms with van der Waals surface area (Å²) in [6.07, 6.45) is 0. The fraction of sp³-hybridized carbons (Fsp3) is 0.133. The van der Waals surface area contributed by atoms with Crippen molar-refractivity contribution in [1.82, 2.24) is 0 Å². The number of hydrogen-bond donors (Lipinski definition) is 2. The van der Waals surface area contributed by atoms with E-state index < -0.39 is 29.8 Å². The minimum Gasteiger partial charge on any atom is -0.508 e. The number of Topliss-reactive ketones (excluding diaryl/α,β-unsaturated/α-hetero) is 1. The number of hydrogen-bond acceptors (Lipinski definition) is 4. The molecule has 0 heterocycles. The molecule has 6 heteroatoms. The van der Waals surface area contributed by atoms with Gasteiger partial charge < -0.3 is 14.9 Å². The van der Waals surface area contributed by atoms with E-state index in [1.807, 2.05) is 0 Å². The van der Waals surface area contributed by atoms with Gasteiger partial charge in [0, 0.05) is 23.8 Å². The van der Waals surface area contributed by atoms with Gasteiger partial charge in [0.15, 0.2) is 6.61 Å². The van der Waals surface area contributed by atoms with Crippen molar-refractivity contribution in [3.63, 3.8) is 0 Å². The van der Waals surface area contributed by atoms with Crippen molar-refractivity contribution in [2.24, 2.45) is 0 Å². The summed E-state index contributed by atoms with van der Waals surface area (Å²) in [5.74, 6) is -2.84. The number of benzene rings is 2. The maximum atomic E-state index is 13.3. The molecule has 21 heavy (non-hydrogen) atoms. The summed E-state index contributed by atoms with van der Waals surface area (Å²) in [5.41, 5.74) is -0.189. The largest absolute Gasteiger partial charge is 0.508 e. The van der Waals surface area contributed by atoms with Gasteiger partial charge >= 0.3 is 0 Å². The van der Waals surface area contributed by atoms with Crippen LogP contribution in [0, 0.1) is 18.6 Å². The molecule has 4 nitrogen and oxygen atoms in total. The average Bonchev–Trinajstić information content (AvgIpc) is 2.42. The Morgan fingerprint density at radius 1 is 1.14 bits per heavy atom. The lowest BCUT2D eigenvalue weighted by Gasteiger charge is -2.08. The third-order valence-electron chi connectivity index (χ3n) is 2.91. The third kappa shape index (κ3) is 3.28. The van der Waals surface area contributed by atoms with Crippen LogP contribution in [0.15, 0.2) is 30.3 Å². The van der Waals surface area contributed by atoms with Gasteiger partial charge in [-0.2, -0.15) is 0 Å². The molecule has 110 valence electrons. The topological polar surface area (TPSA) is 66.8 Å². The molecular weight excluding hydrogens is 282 g/mol. The van der Waals surface area contributed by atoms with Gasteiger partial charge in [0.05, 0.1) is 5.56 Å². The lowest BCUT2D eigenvalue weighted by Crippen LogP contribution is -2.12. The van der Waals surface area contributed by atoms with Gasteiger partial charge in [-0.15, -0.1) is 0 Å². The predicted octanol–water partition coefficient (Wildman–Crippen LogP) is 2.95. The number of rotatable bonds is 4. The fourth-order valence-corrected chi connectivity index (χ4v) is 1.69. The van der Waals surface area contributed by atoms with Gasteiger partial charge in [-0.3, -0.25) is 4.79 Å². The van der Waals surface area contributed by atoms with Crippen LogP contribution in [0.5, 0.6) is 17.2 Å². The highest BCUT2D eigenvalue weighted by atomic mass is 19.1. The van der Waals surface area contributed by atoms with Gasteiger partial charge in [-0.25, -0.2) is 8.78 Å². The Balaban J connectivity index is 2.11. The van der Waals surface area contributed by atoms with E-state index in [1.165, 1.54) is 19.1 Å². The van der Waals surface area contributed by atoms with Gasteiger partial charge in [-0.1, -0.05) is 0 Å². The van der Waals surface area contributed by atoms with Crippen LogP contribution in [0.25, 0.3) is 0 Å². The van der Waals surface area contributed by atoms with Crippen LogP contribution in [0.4, 0.5) is 8.78 Å². The third-order valence-corrected chi connectivity index (χ3v) is 2.91. The minimum absolute atomic E-state index is 0.0548. The molecule has 0 aliphatic carbocycles. The average molecular weight is 294 g/mol. The van der Waals surface area contributed by atoms with Gasteiger partial charge in [0.1, 0.15) is 28.9 Å². The second-order valence-corrected chi connectivity index (χ2v) is 4.43. The molecular formula is C15H12F2O4. The van der Waals surface area contributed by atoms with E-state index in [4.69, 9.17) is 9.84 Å². The molecule has 0 spiro atoms. The van der Waals surface area contributed by atoms with Crippen LogP contribution < -0.4 is 4.74 Å². The summed E-state index contributed by atoms with van der Waals surface area (Å²) >= 11 is 0. The summed E-state index contributed by atoms with van der Waals surface area (Å²) in [6.45, 7) is 0.786. The Bertz CT molecular complexity index is 675. The normalized spacial score (nSPS) is 10.4. The molecule has 2 aromatic carbocycles. The van der Waals surface area contributed by atoms with Crippen LogP contribution in [-0.2, 0) is 0 Å². The first-order chi connectivity index (χ1) is 9.88. The summed E-state index contributed by atoms with van der Waals surface area (Å²) in [6, 6.07) is 5.42. The molecule has 0 radical (unpaired) electrons. The minimum atomic E-state index is -0.773. The van der Waals surface area contributed by atoms with Crippen LogP contribution >= 0.6 is 0 Å². The summed E-state index contributed by atoms with van der Waals surface area (Å²) in [5, 5.41) is 18.7. The molecule has 0 bridgehead atoms. The van der Waals surface area contributed by atoms with E-state index in [-0.39, 0.29) is 22.6 Å². The zero-order valence-electron chi connectivity index (χ0n) is 11.1. The van der Waals surface area contributed by atoms with Crippen LogP contribution in [-0.4, -0.2) is 22.6 Å². The Kier molecular flexibility index (Phi) is 4.07. The fourth-order valence-electron chi connectivity index (χ4n) is 1.69. The predicted molar refractivity (Wildman–Crippen MR) is 70.7 cm³/mol. The molecule has 0 aliphatic rings. The highest BCUT2D eigenvalue weighted by Crippen LogP contribution is 2.24. The van der Waals surface area contributed by atoms with E-state index in [9.17, 15) is 18.7 Å². The first kappa shape index (κ1) is 14.8. The van der Waals surface area contributed by atoms with E-state index >= 15 is 0 Å². The number of ether oxygens (including phenoxy) is 1. The Hall–Kier alpha value is -2.63. The molecule has 0 aliphatic heterocycles. The SMILES string of the molecule is Cc1c(F)cc(OCC(=O)c2ccc(O)cc2O)cc1F. The quantitative estimate of drug-likeness (QED) is 0.851. The van der Waals surface area contributed by atoms with Crippen molar-refractivity contribution in [2.45, 2.75) is 6.92 Å². The number of carbonyl (C=O) groups excluding carboxylic acids is 1. The molecule has 0 saturated heterocycles. The standard InChI is InChI=1S/C15H12F2O4/c1-8-12(16)5-10(6-13(8)17)21-7-15(20)11-3-2-9(18)4-14(11)19/h2-6,18-19H,7H2,1H3. The van der Waals surface area contributed by atoms with Crippen molar-refractivity contribution in [2.75, 3.05) is 6.61 Å². The van der Waals surface area contributed by atoms with E-state index in [2.05, 4.69) is 0 Å². The monoisotopic (exact) mass is 294 g/mol. The molecule has 0 atom stereocenters. The second kappa shape index (κ2) is 5.78. The van der Waals surface area contributed by atoms with Gasteiger partial charge in [-0.05, 0) is 19.1 Å². The molecule has 0 unspecified atom stereocenters. The Labute approximate surface area is 119 Å². The van der Waals surface area contributed by atoms with Crippen LogP contribution in [0.1, 0.15) is 15.9 Å². The summed E-state index contributed by atoms with van der Waals surface area (Å²) in [4.78, 5) is 11.8. The number of ketones is 1. The van der Waals surface area contributed by atoms with Crippen LogP contribution in [0.3, 0.4) is 0 Å². The van der Waals surface area contributed by atoms with E-state index in [0.717, 1.165) is 18.2 Å². The molecule has 0 amide bonds. The number of phenolic OH excluding ortho intramolecular Hbond substituents is 2. The Morgan fingerprint density at radius 2 is 1.76 bits per heavy atom. The zero-order chi connectivity index (χ0) is 15.6. The van der Waals surface area contributed by atoms with Crippen LogP contribution in [0.2, 0.25) is 0 Å². The van der Waals surface area contributed by atoms with E-state index in [0.29, 0.717) is 0 Å². The molecule has 2 aromatic rings. The molecule has 0 saturated carbocycles. The zero-order valence-corrected chi connectivity index (χ0v) is 11.1. The highest BCUT2D eigenvalue weighted by Gasteiger charge is 2.14. The number of aromatic hydroxyl groups is 2. The molecule has 2 N–H and O–H groups in total. The van der Waals surface area contributed by atoms with E-state index in [1.54, 1.807) is 0 Å². The van der Waals surface area contributed by atoms with Gasteiger partial charge in [0.25, 0.3) is 0 Å². The molecule has 0 aromatic heterocycles. The number of halogens is 2. The smallest absolute Gasteiger partial charge is 0.203 e.